The van der Waals surface area contributed by atoms with Gasteiger partial charge in [-0.05, 0) is 33.2 Å². The van der Waals surface area contributed by atoms with Crippen molar-refractivity contribution in [2.24, 2.45) is 0 Å². The van der Waals surface area contributed by atoms with Gasteiger partial charge in [0.05, 0.1) is 12.2 Å². The van der Waals surface area contributed by atoms with Crippen LogP contribution in [0.5, 0.6) is 0 Å². The standard InChI is InChI=1S/C13H25N3O3S/c1-11-9-16(10-12(2)19-11)20(17,18)15-8-5-13-3-6-14-7-4-13/h3,11-12,14-15H,4-10H2,1-2H3. The number of rotatable bonds is 5. The third kappa shape index (κ3) is 4.53. The van der Waals surface area contributed by atoms with Crippen molar-refractivity contribution in [3.05, 3.63) is 11.6 Å². The van der Waals surface area contributed by atoms with Gasteiger partial charge in [-0.15, -0.1) is 0 Å². The molecule has 2 aliphatic rings. The van der Waals surface area contributed by atoms with Gasteiger partial charge in [0.15, 0.2) is 0 Å². The van der Waals surface area contributed by atoms with Crippen LogP contribution in [0.4, 0.5) is 0 Å². The minimum atomic E-state index is -3.39. The highest BCUT2D eigenvalue weighted by molar-refractivity contribution is 7.87. The molecule has 0 aromatic rings. The monoisotopic (exact) mass is 303 g/mol. The van der Waals surface area contributed by atoms with Crippen LogP contribution in [-0.4, -0.2) is 57.7 Å². The van der Waals surface area contributed by atoms with Gasteiger partial charge in [0, 0.05) is 26.2 Å². The Labute approximate surface area is 121 Å². The van der Waals surface area contributed by atoms with Gasteiger partial charge in [-0.25, -0.2) is 4.72 Å². The molecule has 1 saturated heterocycles. The maximum absolute atomic E-state index is 12.2. The Morgan fingerprint density at radius 3 is 2.70 bits per heavy atom. The Hall–Kier alpha value is -0.470. The van der Waals surface area contributed by atoms with E-state index in [1.807, 2.05) is 13.8 Å². The van der Waals surface area contributed by atoms with Gasteiger partial charge in [0.1, 0.15) is 0 Å². The number of ether oxygens (including phenoxy) is 1. The Morgan fingerprint density at radius 1 is 1.40 bits per heavy atom. The second-order valence-electron chi connectivity index (χ2n) is 5.54. The summed E-state index contributed by atoms with van der Waals surface area (Å²) in [4.78, 5) is 0. The zero-order valence-electron chi connectivity index (χ0n) is 12.3. The molecule has 0 radical (unpaired) electrons. The fraction of sp³-hybridized carbons (Fsp3) is 0.846. The molecular weight excluding hydrogens is 278 g/mol. The minimum Gasteiger partial charge on any atom is -0.373 e. The number of nitrogens with one attached hydrogen (secondary N) is 2. The van der Waals surface area contributed by atoms with Crippen molar-refractivity contribution in [2.75, 3.05) is 32.7 Å². The minimum absolute atomic E-state index is 0.0533. The molecule has 2 atom stereocenters. The van der Waals surface area contributed by atoms with E-state index >= 15 is 0 Å². The summed E-state index contributed by atoms with van der Waals surface area (Å²) in [6.45, 7) is 6.99. The number of hydrogen-bond donors (Lipinski definition) is 2. The highest BCUT2D eigenvalue weighted by atomic mass is 32.2. The molecule has 0 bridgehead atoms. The Bertz CT molecular complexity index is 440. The van der Waals surface area contributed by atoms with Gasteiger partial charge in [-0.3, -0.25) is 0 Å². The van der Waals surface area contributed by atoms with Crippen LogP contribution < -0.4 is 10.0 Å². The lowest BCUT2D eigenvalue weighted by atomic mass is 10.1. The molecule has 1 fully saturated rings. The molecule has 116 valence electrons. The summed E-state index contributed by atoms with van der Waals surface area (Å²) in [5, 5.41) is 3.25. The van der Waals surface area contributed by atoms with Gasteiger partial charge >= 0.3 is 0 Å². The van der Waals surface area contributed by atoms with Gasteiger partial charge < -0.3 is 10.1 Å². The third-order valence-electron chi connectivity index (χ3n) is 3.61. The number of morpholine rings is 1. The number of hydrogen-bond acceptors (Lipinski definition) is 4. The molecular formula is C13H25N3O3S. The quantitative estimate of drug-likeness (QED) is 0.714. The summed E-state index contributed by atoms with van der Waals surface area (Å²) in [7, 11) is -3.39. The number of nitrogens with zero attached hydrogens (tertiary/aromatic N) is 1. The Kier molecular flexibility index (Phi) is 5.57. The highest BCUT2D eigenvalue weighted by Gasteiger charge is 2.30. The van der Waals surface area contributed by atoms with Crippen molar-refractivity contribution in [3.8, 4) is 0 Å². The van der Waals surface area contributed by atoms with Crippen molar-refractivity contribution in [2.45, 2.75) is 38.9 Å². The van der Waals surface area contributed by atoms with Crippen LogP contribution in [0.25, 0.3) is 0 Å². The zero-order valence-corrected chi connectivity index (χ0v) is 13.1. The van der Waals surface area contributed by atoms with Crippen LogP contribution in [0.15, 0.2) is 11.6 Å². The van der Waals surface area contributed by atoms with Crippen molar-refractivity contribution in [1.29, 1.82) is 0 Å². The molecule has 2 rings (SSSR count). The van der Waals surface area contributed by atoms with Crippen LogP contribution >= 0.6 is 0 Å². The molecule has 7 heteroatoms. The molecule has 0 spiro atoms. The molecule has 2 heterocycles. The van der Waals surface area contributed by atoms with E-state index < -0.39 is 10.2 Å². The van der Waals surface area contributed by atoms with Crippen LogP contribution in [0.2, 0.25) is 0 Å². The van der Waals surface area contributed by atoms with Crippen molar-refractivity contribution < 1.29 is 13.2 Å². The first-order valence-electron chi connectivity index (χ1n) is 7.26. The highest BCUT2D eigenvalue weighted by Crippen LogP contribution is 2.14. The maximum Gasteiger partial charge on any atom is 0.279 e. The van der Waals surface area contributed by atoms with Crippen LogP contribution in [0, 0.1) is 0 Å². The van der Waals surface area contributed by atoms with E-state index in [4.69, 9.17) is 4.74 Å². The third-order valence-corrected chi connectivity index (χ3v) is 5.16. The van der Waals surface area contributed by atoms with E-state index in [-0.39, 0.29) is 12.2 Å². The molecule has 0 saturated carbocycles. The van der Waals surface area contributed by atoms with Gasteiger partial charge in [0.25, 0.3) is 10.2 Å². The first-order chi connectivity index (χ1) is 9.47. The summed E-state index contributed by atoms with van der Waals surface area (Å²) in [5.41, 5.74) is 1.33. The SMILES string of the molecule is CC1CN(S(=O)(=O)NCCC2=CCNCC2)CC(C)O1. The molecule has 0 aliphatic carbocycles. The summed E-state index contributed by atoms with van der Waals surface area (Å²) in [6.07, 6.45) is 3.84. The van der Waals surface area contributed by atoms with Crippen LogP contribution in [0.1, 0.15) is 26.7 Å². The van der Waals surface area contributed by atoms with E-state index in [9.17, 15) is 8.42 Å². The van der Waals surface area contributed by atoms with Gasteiger partial charge in [0.2, 0.25) is 0 Å². The fourth-order valence-corrected chi connectivity index (χ4v) is 4.01. The zero-order chi connectivity index (χ0) is 14.6. The van der Waals surface area contributed by atoms with E-state index in [0.29, 0.717) is 19.6 Å². The molecule has 6 nitrogen and oxygen atoms in total. The second-order valence-corrected chi connectivity index (χ2v) is 7.30. The molecule has 0 aromatic carbocycles. The van der Waals surface area contributed by atoms with Crippen LogP contribution in [-0.2, 0) is 14.9 Å². The molecule has 0 amide bonds. The lowest BCUT2D eigenvalue weighted by molar-refractivity contribution is -0.0443. The maximum atomic E-state index is 12.2. The predicted octanol–water partition coefficient (Wildman–Crippen LogP) is 0.240. The summed E-state index contributed by atoms with van der Waals surface area (Å²) >= 11 is 0. The fourth-order valence-electron chi connectivity index (χ4n) is 2.66. The van der Waals surface area contributed by atoms with Gasteiger partial charge in [-0.1, -0.05) is 11.6 Å². The average molecular weight is 303 g/mol. The van der Waals surface area contributed by atoms with E-state index in [0.717, 1.165) is 25.9 Å². The molecule has 2 aliphatic heterocycles. The summed E-state index contributed by atoms with van der Waals surface area (Å²) < 4.78 is 34.2. The molecule has 2 unspecified atom stereocenters. The van der Waals surface area contributed by atoms with Crippen molar-refractivity contribution in [3.63, 3.8) is 0 Å². The Balaban J connectivity index is 1.82. The molecule has 2 N–H and O–H groups in total. The smallest absolute Gasteiger partial charge is 0.279 e. The van der Waals surface area contributed by atoms with Crippen molar-refractivity contribution >= 4 is 10.2 Å². The normalized spacial score (nSPS) is 29.2. The first kappa shape index (κ1) is 15.9. The van der Waals surface area contributed by atoms with Crippen LogP contribution in [0.3, 0.4) is 0 Å². The largest absolute Gasteiger partial charge is 0.373 e. The summed E-state index contributed by atoms with van der Waals surface area (Å²) in [6, 6.07) is 0. The van der Waals surface area contributed by atoms with E-state index in [1.165, 1.54) is 9.88 Å². The topological polar surface area (TPSA) is 70.7 Å². The Morgan fingerprint density at radius 2 is 2.10 bits per heavy atom. The molecule has 0 aromatic heterocycles. The second kappa shape index (κ2) is 7.00. The lowest BCUT2D eigenvalue weighted by Crippen LogP contribution is -2.52. The van der Waals surface area contributed by atoms with Gasteiger partial charge in [-0.2, -0.15) is 12.7 Å². The first-order valence-corrected chi connectivity index (χ1v) is 8.70. The van der Waals surface area contributed by atoms with Crippen molar-refractivity contribution in [1.82, 2.24) is 14.3 Å². The lowest BCUT2D eigenvalue weighted by Gasteiger charge is -2.34. The summed E-state index contributed by atoms with van der Waals surface area (Å²) in [5.74, 6) is 0. The van der Waals surface area contributed by atoms with E-state index in [1.54, 1.807) is 0 Å². The van der Waals surface area contributed by atoms with E-state index in [2.05, 4.69) is 16.1 Å². The molecule has 20 heavy (non-hydrogen) atoms. The average Bonchev–Trinajstić information content (AvgIpc) is 2.38. The predicted molar refractivity (Wildman–Crippen MR) is 78.7 cm³/mol.